The SMILES string of the molecule is Cc1nc(C)n(C[C@@H]2CCCN2C[C@@H](O)COC[C@@H]2CCCO2)n1. The first-order valence-corrected chi connectivity index (χ1v) is 9.11. The first-order valence-electron chi connectivity index (χ1n) is 9.11. The van der Waals surface area contributed by atoms with Crippen LogP contribution in [0.5, 0.6) is 0 Å². The van der Waals surface area contributed by atoms with Crippen molar-refractivity contribution in [2.75, 3.05) is 32.9 Å². The lowest BCUT2D eigenvalue weighted by atomic mass is 10.2. The van der Waals surface area contributed by atoms with E-state index in [1.165, 1.54) is 6.42 Å². The molecule has 24 heavy (non-hydrogen) atoms. The number of aliphatic hydroxyl groups is 1. The fraction of sp³-hybridized carbons (Fsp3) is 0.882. The van der Waals surface area contributed by atoms with E-state index in [9.17, 15) is 5.11 Å². The maximum absolute atomic E-state index is 10.3. The molecule has 7 nitrogen and oxygen atoms in total. The minimum absolute atomic E-state index is 0.218. The molecule has 0 bridgehead atoms. The quantitative estimate of drug-likeness (QED) is 0.760. The topological polar surface area (TPSA) is 72.6 Å². The Morgan fingerprint density at radius 1 is 1.33 bits per heavy atom. The van der Waals surface area contributed by atoms with E-state index in [-0.39, 0.29) is 6.10 Å². The van der Waals surface area contributed by atoms with Gasteiger partial charge in [0.2, 0.25) is 0 Å². The maximum atomic E-state index is 10.3. The molecule has 0 spiro atoms. The molecule has 1 aromatic rings. The molecule has 0 aromatic carbocycles. The Morgan fingerprint density at radius 2 is 2.21 bits per heavy atom. The molecule has 2 aliphatic rings. The summed E-state index contributed by atoms with van der Waals surface area (Å²) in [5, 5.41) is 14.7. The van der Waals surface area contributed by atoms with Gasteiger partial charge in [0.05, 0.1) is 32.0 Å². The fourth-order valence-electron chi connectivity index (χ4n) is 3.71. The second kappa shape index (κ2) is 8.38. The number of ether oxygens (including phenoxy) is 2. The second-order valence-corrected chi connectivity index (χ2v) is 7.01. The summed E-state index contributed by atoms with van der Waals surface area (Å²) in [6, 6.07) is 0.414. The Balaban J connectivity index is 1.42. The van der Waals surface area contributed by atoms with Crippen molar-refractivity contribution >= 4 is 0 Å². The molecule has 3 heterocycles. The molecule has 3 atom stereocenters. The first-order chi connectivity index (χ1) is 11.6. The molecule has 1 N–H and O–H groups in total. The summed E-state index contributed by atoms with van der Waals surface area (Å²) >= 11 is 0. The van der Waals surface area contributed by atoms with Crippen LogP contribution < -0.4 is 0 Å². The number of aryl methyl sites for hydroxylation is 2. The third-order valence-corrected chi connectivity index (χ3v) is 4.93. The van der Waals surface area contributed by atoms with E-state index in [0.29, 0.717) is 25.8 Å². The molecule has 136 valence electrons. The zero-order valence-electron chi connectivity index (χ0n) is 14.9. The minimum atomic E-state index is -0.453. The lowest BCUT2D eigenvalue weighted by Gasteiger charge is -2.27. The molecule has 7 heteroatoms. The zero-order valence-corrected chi connectivity index (χ0v) is 14.9. The fourth-order valence-corrected chi connectivity index (χ4v) is 3.71. The Bertz CT molecular complexity index is 516. The van der Waals surface area contributed by atoms with Crippen LogP contribution in [-0.2, 0) is 16.0 Å². The number of β-amino-alcohol motifs (C(OH)–C–C–N with tert-alkyl or cyclic N) is 1. The molecule has 2 aliphatic heterocycles. The number of hydrogen-bond donors (Lipinski definition) is 1. The average molecular weight is 338 g/mol. The van der Waals surface area contributed by atoms with Crippen molar-refractivity contribution in [2.45, 2.75) is 64.3 Å². The predicted molar refractivity (Wildman–Crippen MR) is 89.9 cm³/mol. The predicted octanol–water partition coefficient (Wildman–Crippen LogP) is 0.916. The largest absolute Gasteiger partial charge is 0.389 e. The second-order valence-electron chi connectivity index (χ2n) is 7.01. The highest BCUT2D eigenvalue weighted by Gasteiger charge is 2.27. The normalized spacial score (nSPS) is 26.3. The van der Waals surface area contributed by atoms with Crippen molar-refractivity contribution in [3.05, 3.63) is 11.6 Å². The van der Waals surface area contributed by atoms with Crippen LogP contribution in [0.25, 0.3) is 0 Å². The molecule has 3 rings (SSSR count). The number of hydrogen-bond acceptors (Lipinski definition) is 6. The number of aliphatic hydroxyl groups excluding tert-OH is 1. The Hall–Kier alpha value is -1.02. The van der Waals surface area contributed by atoms with Crippen molar-refractivity contribution in [1.29, 1.82) is 0 Å². The van der Waals surface area contributed by atoms with Crippen LogP contribution >= 0.6 is 0 Å². The summed E-state index contributed by atoms with van der Waals surface area (Å²) in [6.07, 6.45) is 4.26. The molecular formula is C17H30N4O3. The monoisotopic (exact) mass is 338 g/mol. The van der Waals surface area contributed by atoms with E-state index in [4.69, 9.17) is 9.47 Å². The minimum Gasteiger partial charge on any atom is -0.389 e. The first kappa shape index (κ1) is 17.8. The van der Waals surface area contributed by atoms with Gasteiger partial charge in [-0.25, -0.2) is 9.67 Å². The summed E-state index contributed by atoms with van der Waals surface area (Å²) in [5.74, 6) is 1.78. The van der Waals surface area contributed by atoms with Crippen LogP contribution in [0.4, 0.5) is 0 Å². The lowest BCUT2D eigenvalue weighted by Crippen LogP contribution is -2.40. The highest BCUT2D eigenvalue weighted by atomic mass is 16.5. The highest BCUT2D eigenvalue weighted by molar-refractivity contribution is 4.90. The van der Waals surface area contributed by atoms with Gasteiger partial charge in [-0.2, -0.15) is 5.10 Å². The van der Waals surface area contributed by atoms with Gasteiger partial charge in [-0.05, 0) is 46.1 Å². The molecule has 0 saturated carbocycles. The van der Waals surface area contributed by atoms with Gasteiger partial charge in [-0.1, -0.05) is 0 Å². The van der Waals surface area contributed by atoms with Crippen LogP contribution in [0, 0.1) is 13.8 Å². The van der Waals surface area contributed by atoms with Crippen LogP contribution in [0.2, 0.25) is 0 Å². The van der Waals surface area contributed by atoms with Gasteiger partial charge in [0, 0.05) is 19.2 Å². The summed E-state index contributed by atoms with van der Waals surface area (Å²) in [7, 11) is 0. The molecule has 0 aliphatic carbocycles. The third kappa shape index (κ3) is 4.75. The molecule has 0 unspecified atom stereocenters. The molecule has 0 radical (unpaired) electrons. The van der Waals surface area contributed by atoms with Crippen molar-refractivity contribution in [3.63, 3.8) is 0 Å². The summed E-state index contributed by atoms with van der Waals surface area (Å²) in [5.41, 5.74) is 0. The average Bonchev–Trinajstić information content (AvgIpc) is 3.24. The lowest BCUT2D eigenvalue weighted by molar-refractivity contribution is -0.0266. The van der Waals surface area contributed by atoms with E-state index in [2.05, 4.69) is 15.0 Å². The van der Waals surface area contributed by atoms with Gasteiger partial charge in [0.15, 0.2) is 0 Å². The number of likely N-dealkylation sites (tertiary alicyclic amines) is 1. The van der Waals surface area contributed by atoms with Crippen molar-refractivity contribution < 1.29 is 14.6 Å². The van der Waals surface area contributed by atoms with Gasteiger partial charge >= 0.3 is 0 Å². The molecule has 1 aromatic heterocycles. The van der Waals surface area contributed by atoms with Crippen LogP contribution in [0.3, 0.4) is 0 Å². The Morgan fingerprint density at radius 3 is 2.92 bits per heavy atom. The summed E-state index contributed by atoms with van der Waals surface area (Å²) in [6.45, 7) is 8.26. The standard InChI is InChI=1S/C17H30N4O3/c1-13-18-14(2)21(19-13)9-15-5-3-7-20(15)10-16(22)11-23-12-17-6-4-8-24-17/h15-17,22H,3-12H2,1-2H3/t15-,16+,17-/m0/s1. The smallest absolute Gasteiger partial charge is 0.147 e. The van der Waals surface area contributed by atoms with Crippen molar-refractivity contribution in [2.24, 2.45) is 0 Å². The van der Waals surface area contributed by atoms with E-state index >= 15 is 0 Å². The van der Waals surface area contributed by atoms with Gasteiger partial charge < -0.3 is 14.6 Å². The maximum Gasteiger partial charge on any atom is 0.147 e. The van der Waals surface area contributed by atoms with Gasteiger partial charge in [0.25, 0.3) is 0 Å². The Kier molecular flexibility index (Phi) is 6.21. The van der Waals surface area contributed by atoms with E-state index in [1.807, 2.05) is 18.5 Å². The van der Waals surface area contributed by atoms with Crippen LogP contribution in [0.15, 0.2) is 0 Å². The number of nitrogens with zero attached hydrogens (tertiary/aromatic N) is 4. The molecular weight excluding hydrogens is 308 g/mol. The van der Waals surface area contributed by atoms with Gasteiger partial charge in [-0.3, -0.25) is 4.90 Å². The van der Waals surface area contributed by atoms with E-state index < -0.39 is 6.10 Å². The molecule has 2 saturated heterocycles. The Labute approximate surface area is 144 Å². The summed E-state index contributed by atoms with van der Waals surface area (Å²) in [4.78, 5) is 6.73. The summed E-state index contributed by atoms with van der Waals surface area (Å²) < 4.78 is 13.2. The van der Waals surface area contributed by atoms with E-state index in [0.717, 1.165) is 50.6 Å². The van der Waals surface area contributed by atoms with Crippen LogP contribution in [-0.4, -0.2) is 75.9 Å². The highest BCUT2D eigenvalue weighted by Crippen LogP contribution is 2.19. The van der Waals surface area contributed by atoms with Gasteiger partial charge in [0.1, 0.15) is 11.6 Å². The third-order valence-electron chi connectivity index (χ3n) is 4.93. The molecule has 0 amide bonds. The number of rotatable bonds is 8. The van der Waals surface area contributed by atoms with Crippen molar-refractivity contribution in [1.82, 2.24) is 19.7 Å². The van der Waals surface area contributed by atoms with Gasteiger partial charge in [-0.15, -0.1) is 0 Å². The van der Waals surface area contributed by atoms with E-state index in [1.54, 1.807) is 0 Å². The van der Waals surface area contributed by atoms with Crippen molar-refractivity contribution in [3.8, 4) is 0 Å². The number of aromatic nitrogens is 3. The molecule has 2 fully saturated rings. The van der Waals surface area contributed by atoms with Crippen LogP contribution in [0.1, 0.15) is 37.3 Å². The zero-order chi connectivity index (χ0) is 16.9.